The number of carbonyl (C=O) groups is 1. The third kappa shape index (κ3) is 4.79. The number of benzene rings is 1. The molecule has 0 unspecified atom stereocenters. The minimum atomic E-state index is -0.621. The molecule has 148 valence electrons. The lowest BCUT2D eigenvalue weighted by molar-refractivity contribution is 0.00578. The van der Waals surface area contributed by atoms with Crippen molar-refractivity contribution in [3.8, 4) is 0 Å². The van der Waals surface area contributed by atoms with Crippen molar-refractivity contribution in [2.45, 2.75) is 45.5 Å². The molecule has 0 radical (unpaired) electrons. The number of ether oxygens (including phenoxy) is 1. The van der Waals surface area contributed by atoms with Crippen molar-refractivity contribution in [1.29, 1.82) is 0 Å². The van der Waals surface area contributed by atoms with Gasteiger partial charge >= 0.3 is 13.2 Å². The largest absolute Gasteiger partial charge is 0.492 e. The topological polar surface area (TPSA) is 98.4 Å². The summed E-state index contributed by atoms with van der Waals surface area (Å²) in [7, 11) is -0.621. The molecule has 0 aliphatic carbocycles. The zero-order chi connectivity index (χ0) is 20.2. The highest BCUT2D eigenvalue weighted by atomic mass is 16.7. The summed E-state index contributed by atoms with van der Waals surface area (Å²) < 4.78 is 17.4. The van der Waals surface area contributed by atoms with Crippen molar-refractivity contribution in [3.05, 3.63) is 53.5 Å². The number of amides is 1. The van der Waals surface area contributed by atoms with Crippen molar-refractivity contribution in [3.63, 3.8) is 0 Å². The van der Waals surface area contributed by atoms with E-state index in [-0.39, 0.29) is 13.2 Å². The molecular formula is C19H25BN4O4. The van der Waals surface area contributed by atoms with Crippen LogP contribution in [-0.2, 0) is 20.7 Å². The Labute approximate surface area is 164 Å². The van der Waals surface area contributed by atoms with Crippen LogP contribution in [0.25, 0.3) is 6.08 Å². The van der Waals surface area contributed by atoms with Crippen LogP contribution >= 0.6 is 0 Å². The van der Waals surface area contributed by atoms with Gasteiger partial charge in [-0.1, -0.05) is 30.3 Å². The molecule has 2 heterocycles. The second-order valence-corrected chi connectivity index (χ2v) is 7.59. The second kappa shape index (κ2) is 8.16. The Bertz CT molecular complexity index is 806. The highest BCUT2D eigenvalue weighted by Crippen LogP contribution is 2.38. The lowest BCUT2D eigenvalue weighted by atomic mass is 9.77. The number of alkyl carbamates (subject to hydrolysis) is 1. The SMILES string of the molecule is CC1(C)OB(C(=Cc2ncn[nH]2)CNC(=O)OCc2ccccc2)OC1(C)C. The fourth-order valence-electron chi connectivity index (χ4n) is 2.61. The molecule has 1 aromatic heterocycles. The molecule has 9 heteroatoms. The summed E-state index contributed by atoms with van der Waals surface area (Å²) in [4.78, 5) is 16.2. The van der Waals surface area contributed by atoms with Crippen LogP contribution in [0.5, 0.6) is 0 Å². The average molecular weight is 384 g/mol. The number of nitrogens with one attached hydrogen (secondary N) is 2. The molecule has 1 aliphatic heterocycles. The van der Waals surface area contributed by atoms with Gasteiger partial charge in [-0.25, -0.2) is 9.78 Å². The van der Waals surface area contributed by atoms with Gasteiger partial charge < -0.3 is 19.4 Å². The van der Waals surface area contributed by atoms with Crippen LogP contribution in [-0.4, -0.2) is 46.1 Å². The summed E-state index contributed by atoms with van der Waals surface area (Å²) in [5.74, 6) is 0.546. The van der Waals surface area contributed by atoms with E-state index >= 15 is 0 Å². The zero-order valence-electron chi connectivity index (χ0n) is 16.6. The monoisotopic (exact) mass is 384 g/mol. The average Bonchev–Trinajstić information content (AvgIpc) is 3.23. The van der Waals surface area contributed by atoms with E-state index in [2.05, 4.69) is 20.5 Å². The molecule has 8 nitrogen and oxygen atoms in total. The number of aromatic nitrogens is 3. The van der Waals surface area contributed by atoms with Crippen molar-refractivity contribution < 1.29 is 18.8 Å². The van der Waals surface area contributed by atoms with Gasteiger partial charge in [-0.2, -0.15) is 5.10 Å². The standard InChI is InChI=1S/C19H25BN4O4/c1-18(2)19(3,4)28-20(27-18)15(10-16-22-13-23-24-16)11-21-17(25)26-12-14-8-6-5-7-9-14/h5-10,13H,11-12H2,1-4H3,(H,21,25)(H,22,23,24). The normalized spacial score (nSPS) is 18.1. The number of hydrogen-bond acceptors (Lipinski definition) is 6. The Morgan fingerprint density at radius 1 is 1.21 bits per heavy atom. The Balaban J connectivity index is 1.64. The first-order valence-corrected chi connectivity index (χ1v) is 9.13. The van der Waals surface area contributed by atoms with Gasteiger partial charge in [-0.3, -0.25) is 5.10 Å². The zero-order valence-corrected chi connectivity index (χ0v) is 16.6. The van der Waals surface area contributed by atoms with Crippen molar-refractivity contribution in [2.24, 2.45) is 0 Å². The van der Waals surface area contributed by atoms with Gasteiger partial charge in [0.05, 0.1) is 11.2 Å². The highest BCUT2D eigenvalue weighted by molar-refractivity contribution is 6.55. The fourth-order valence-corrected chi connectivity index (χ4v) is 2.61. The van der Waals surface area contributed by atoms with Crippen LogP contribution in [0.2, 0.25) is 0 Å². The maximum atomic E-state index is 12.1. The third-order valence-electron chi connectivity index (χ3n) is 4.96. The van der Waals surface area contributed by atoms with Gasteiger partial charge in [0.1, 0.15) is 18.8 Å². The van der Waals surface area contributed by atoms with E-state index in [0.717, 1.165) is 5.56 Å². The van der Waals surface area contributed by atoms with Gasteiger partial charge in [-0.15, -0.1) is 0 Å². The second-order valence-electron chi connectivity index (χ2n) is 7.59. The van der Waals surface area contributed by atoms with Crippen LogP contribution in [0.1, 0.15) is 39.1 Å². The number of hydrogen-bond donors (Lipinski definition) is 2. The van der Waals surface area contributed by atoms with Gasteiger partial charge in [0.15, 0.2) is 0 Å². The summed E-state index contributed by atoms with van der Waals surface area (Å²) in [6.45, 7) is 8.28. The predicted molar refractivity (Wildman–Crippen MR) is 105 cm³/mol. The van der Waals surface area contributed by atoms with Crippen LogP contribution < -0.4 is 5.32 Å². The molecule has 0 spiro atoms. The number of H-pyrrole nitrogens is 1. The van der Waals surface area contributed by atoms with Crippen LogP contribution in [0.3, 0.4) is 0 Å². The van der Waals surface area contributed by atoms with Gasteiger partial charge in [0.25, 0.3) is 0 Å². The van der Waals surface area contributed by atoms with E-state index in [1.807, 2.05) is 58.0 Å². The lowest BCUT2D eigenvalue weighted by Gasteiger charge is -2.32. The molecule has 28 heavy (non-hydrogen) atoms. The maximum Gasteiger partial charge on any atom is 0.492 e. The summed E-state index contributed by atoms with van der Waals surface area (Å²) in [6, 6.07) is 9.49. The summed E-state index contributed by atoms with van der Waals surface area (Å²) >= 11 is 0. The van der Waals surface area contributed by atoms with Crippen LogP contribution in [0.15, 0.2) is 42.1 Å². The summed E-state index contributed by atoms with van der Waals surface area (Å²) in [5, 5.41) is 9.36. The molecule has 1 saturated heterocycles. The number of carbonyl (C=O) groups excluding carboxylic acids is 1. The molecule has 0 atom stereocenters. The predicted octanol–water partition coefficient (Wildman–Crippen LogP) is 2.75. The van der Waals surface area contributed by atoms with E-state index < -0.39 is 24.4 Å². The first-order valence-electron chi connectivity index (χ1n) is 9.13. The summed E-state index contributed by atoms with van der Waals surface area (Å²) in [5.41, 5.74) is 0.630. The molecule has 0 bridgehead atoms. The molecule has 1 amide bonds. The Hall–Kier alpha value is -2.65. The minimum absolute atomic E-state index is 0.186. The smallest absolute Gasteiger partial charge is 0.445 e. The Kier molecular flexibility index (Phi) is 5.86. The van der Waals surface area contributed by atoms with E-state index in [0.29, 0.717) is 11.3 Å². The molecule has 1 fully saturated rings. The van der Waals surface area contributed by atoms with Crippen LogP contribution in [0, 0.1) is 0 Å². The first-order chi connectivity index (χ1) is 13.3. The van der Waals surface area contributed by atoms with Crippen molar-refractivity contribution in [1.82, 2.24) is 20.5 Å². The van der Waals surface area contributed by atoms with Gasteiger partial charge in [-0.05, 0) is 44.8 Å². The van der Waals surface area contributed by atoms with E-state index in [9.17, 15) is 4.79 Å². The Morgan fingerprint density at radius 3 is 2.50 bits per heavy atom. The van der Waals surface area contributed by atoms with E-state index in [4.69, 9.17) is 14.0 Å². The van der Waals surface area contributed by atoms with Crippen molar-refractivity contribution in [2.75, 3.05) is 6.54 Å². The quantitative estimate of drug-likeness (QED) is 0.744. The molecule has 2 aromatic rings. The third-order valence-corrected chi connectivity index (χ3v) is 4.96. The minimum Gasteiger partial charge on any atom is -0.445 e. The first kappa shape index (κ1) is 20.1. The van der Waals surface area contributed by atoms with Crippen LogP contribution in [0.4, 0.5) is 4.79 Å². The Morgan fingerprint density at radius 2 is 1.89 bits per heavy atom. The van der Waals surface area contributed by atoms with E-state index in [1.54, 1.807) is 6.08 Å². The molecule has 0 saturated carbocycles. The molecule has 1 aromatic carbocycles. The number of nitrogens with zero attached hydrogens (tertiary/aromatic N) is 2. The van der Waals surface area contributed by atoms with Crippen molar-refractivity contribution >= 4 is 19.3 Å². The number of rotatable bonds is 6. The van der Waals surface area contributed by atoms with E-state index in [1.165, 1.54) is 6.33 Å². The molecule has 3 rings (SSSR count). The van der Waals surface area contributed by atoms with Gasteiger partial charge in [0, 0.05) is 6.54 Å². The highest BCUT2D eigenvalue weighted by Gasteiger charge is 2.52. The molecule has 1 aliphatic rings. The number of aromatic amines is 1. The summed E-state index contributed by atoms with van der Waals surface area (Å²) in [6.07, 6.45) is 2.64. The maximum absolute atomic E-state index is 12.1. The molecular weight excluding hydrogens is 359 g/mol. The molecule has 2 N–H and O–H groups in total. The van der Waals surface area contributed by atoms with Gasteiger partial charge in [0.2, 0.25) is 0 Å². The fraction of sp³-hybridized carbons (Fsp3) is 0.421. The lowest BCUT2D eigenvalue weighted by Crippen LogP contribution is -2.41.